The number of fused-ring (bicyclic) bond motifs is 1. The van der Waals surface area contributed by atoms with Gasteiger partial charge in [-0.2, -0.15) is 5.10 Å². The summed E-state index contributed by atoms with van der Waals surface area (Å²) in [5, 5.41) is 4.51. The number of hydrogen-bond donors (Lipinski definition) is 0. The Morgan fingerprint density at radius 3 is 2.96 bits per heavy atom. The van der Waals surface area contributed by atoms with Crippen LogP contribution >= 0.6 is 0 Å². The number of benzene rings is 1. The zero-order valence-electron chi connectivity index (χ0n) is 13.7. The number of aromatic nitrogens is 2. The Morgan fingerprint density at radius 2 is 2.17 bits per heavy atom. The van der Waals surface area contributed by atoms with Crippen LogP contribution < -0.4 is 0 Å². The largest absolute Gasteiger partial charge is 0.375 e. The number of morpholine rings is 1. The lowest BCUT2D eigenvalue weighted by molar-refractivity contribution is -0.0126. The van der Waals surface area contributed by atoms with E-state index in [9.17, 15) is 9.18 Å². The van der Waals surface area contributed by atoms with Crippen molar-refractivity contribution in [3.05, 3.63) is 47.0 Å². The van der Waals surface area contributed by atoms with Gasteiger partial charge in [0.15, 0.2) is 5.69 Å². The molecule has 126 valence electrons. The first-order valence-electron chi connectivity index (χ1n) is 8.41. The number of halogens is 1. The molecule has 0 N–H and O–H groups in total. The summed E-state index contributed by atoms with van der Waals surface area (Å²) >= 11 is 0. The zero-order chi connectivity index (χ0) is 16.7. The van der Waals surface area contributed by atoms with E-state index >= 15 is 0 Å². The first-order chi connectivity index (χ1) is 11.6. The van der Waals surface area contributed by atoms with Crippen LogP contribution in [0.1, 0.15) is 35.1 Å². The second kappa shape index (κ2) is 6.02. The molecule has 4 rings (SSSR count). The molecule has 0 bridgehead atoms. The predicted molar refractivity (Wildman–Crippen MR) is 86.9 cm³/mol. The molecule has 1 saturated heterocycles. The highest BCUT2D eigenvalue weighted by atomic mass is 19.1. The molecule has 2 aromatic rings. The summed E-state index contributed by atoms with van der Waals surface area (Å²) in [4.78, 5) is 14.7. The van der Waals surface area contributed by atoms with Gasteiger partial charge in [0.25, 0.3) is 5.91 Å². The van der Waals surface area contributed by atoms with E-state index in [0.29, 0.717) is 31.1 Å². The molecule has 2 heterocycles. The Labute approximate surface area is 140 Å². The predicted octanol–water partition coefficient (Wildman–Crippen LogP) is 2.36. The SMILES string of the molecule is CC1CN(C(=O)c2nn(-c3ccccc3F)c3c2CCC3)CCO1. The maximum absolute atomic E-state index is 14.2. The highest BCUT2D eigenvalue weighted by molar-refractivity contribution is 5.94. The summed E-state index contributed by atoms with van der Waals surface area (Å²) in [7, 11) is 0. The molecule has 1 atom stereocenters. The van der Waals surface area contributed by atoms with Gasteiger partial charge in [0.2, 0.25) is 0 Å². The van der Waals surface area contributed by atoms with Crippen molar-refractivity contribution < 1.29 is 13.9 Å². The third kappa shape index (κ3) is 2.51. The van der Waals surface area contributed by atoms with Gasteiger partial charge in [-0.3, -0.25) is 4.79 Å². The van der Waals surface area contributed by atoms with E-state index in [-0.39, 0.29) is 17.8 Å². The highest BCUT2D eigenvalue weighted by Gasteiger charge is 2.31. The molecule has 1 aromatic carbocycles. The fourth-order valence-corrected chi connectivity index (χ4v) is 3.58. The summed E-state index contributed by atoms with van der Waals surface area (Å²) < 4.78 is 21.3. The third-order valence-electron chi connectivity index (χ3n) is 4.74. The molecule has 2 aliphatic rings. The Bertz CT molecular complexity index is 787. The fraction of sp³-hybridized carbons (Fsp3) is 0.444. The number of carbonyl (C=O) groups is 1. The van der Waals surface area contributed by atoms with E-state index in [1.165, 1.54) is 6.07 Å². The number of carbonyl (C=O) groups excluding carboxylic acids is 1. The van der Waals surface area contributed by atoms with Gasteiger partial charge >= 0.3 is 0 Å². The summed E-state index contributed by atoms with van der Waals surface area (Å²) in [6.07, 6.45) is 2.65. The molecule has 1 aliphatic heterocycles. The average Bonchev–Trinajstić information content (AvgIpc) is 3.17. The van der Waals surface area contributed by atoms with Crippen LogP contribution in [0, 0.1) is 5.82 Å². The summed E-state index contributed by atoms with van der Waals surface area (Å²) in [5.74, 6) is -0.396. The van der Waals surface area contributed by atoms with Gasteiger partial charge in [0.1, 0.15) is 11.5 Å². The molecule has 1 aromatic heterocycles. The van der Waals surface area contributed by atoms with E-state index in [4.69, 9.17) is 4.74 Å². The van der Waals surface area contributed by atoms with Crippen molar-refractivity contribution in [3.63, 3.8) is 0 Å². The van der Waals surface area contributed by atoms with Crippen LogP contribution in [0.5, 0.6) is 0 Å². The van der Waals surface area contributed by atoms with Crippen LogP contribution in [-0.2, 0) is 17.6 Å². The Hall–Kier alpha value is -2.21. The van der Waals surface area contributed by atoms with Gasteiger partial charge in [-0.05, 0) is 38.3 Å². The summed E-state index contributed by atoms with van der Waals surface area (Å²) in [6, 6.07) is 6.56. The lowest BCUT2D eigenvalue weighted by atomic mass is 10.1. The molecule has 1 unspecified atom stereocenters. The minimum absolute atomic E-state index is 0.0319. The topological polar surface area (TPSA) is 47.4 Å². The van der Waals surface area contributed by atoms with Crippen molar-refractivity contribution in [2.75, 3.05) is 19.7 Å². The molecule has 24 heavy (non-hydrogen) atoms. The Kier molecular flexibility index (Phi) is 3.84. The van der Waals surface area contributed by atoms with Crippen molar-refractivity contribution in [1.29, 1.82) is 0 Å². The van der Waals surface area contributed by atoms with Crippen LogP contribution in [0.25, 0.3) is 5.69 Å². The van der Waals surface area contributed by atoms with Crippen LogP contribution in [0.2, 0.25) is 0 Å². The molecule has 1 fully saturated rings. The minimum atomic E-state index is -0.325. The van der Waals surface area contributed by atoms with Crippen molar-refractivity contribution in [1.82, 2.24) is 14.7 Å². The van der Waals surface area contributed by atoms with Crippen molar-refractivity contribution in [3.8, 4) is 5.69 Å². The van der Waals surface area contributed by atoms with Crippen LogP contribution in [0.15, 0.2) is 24.3 Å². The maximum atomic E-state index is 14.2. The molecule has 0 saturated carbocycles. The molecule has 1 amide bonds. The molecular weight excluding hydrogens is 309 g/mol. The smallest absolute Gasteiger partial charge is 0.274 e. The van der Waals surface area contributed by atoms with E-state index in [0.717, 1.165) is 30.5 Å². The van der Waals surface area contributed by atoms with Gasteiger partial charge in [0.05, 0.1) is 12.7 Å². The van der Waals surface area contributed by atoms with Crippen LogP contribution in [-0.4, -0.2) is 46.4 Å². The van der Waals surface area contributed by atoms with Crippen molar-refractivity contribution in [2.45, 2.75) is 32.3 Å². The van der Waals surface area contributed by atoms with Crippen molar-refractivity contribution in [2.24, 2.45) is 0 Å². The minimum Gasteiger partial charge on any atom is -0.375 e. The van der Waals surface area contributed by atoms with E-state index in [1.54, 1.807) is 27.8 Å². The standard InChI is InChI=1S/C18H20FN3O2/c1-12-11-21(9-10-24-12)18(23)17-13-5-4-8-15(13)22(20-17)16-7-3-2-6-14(16)19/h2-3,6-7,12H,4-5,8-11H2,1H3. The fourth-order valence-electron chi connectivity index (χ4n) is 3.58. The maximum Gasteiger partial charge on any atom is 0.274 e. The number of para-hydroxylation sites is 1. The third-order valence-corrected chi connectivity index (χ3v) is 4.74. The second-order valence-corrected chi connectivity index (χ2v) is 6.42. The van der Waals surface area contributed by atoms with Gasteiger partial charge in [-0.1, -0.05) is 12.1 Å². The van der Waals surface area contributed by atoms with Crippen LogP contribution in [0.3, 0.4) is 0 Å². The number of amides is 1. The molecule has 0 spiro atoms. The number of hydrogen-bond acceptors (Lipinski definition) is 3. The van der Waals surface area contributed by atoms with Crippen LogP contribution in [0.4, 0.5) is 4.39 Å². The number of nitrogens with zero attached hydrogens (tertiary/aromatic N) is 3. The summed E-state index contributed by atoms with van der Waals surface area (Å²) in [5.41, 5.74) is 2.82. The van der Waals surface area contributed by atoms with Gasteiger partial charge in [-0.15, -0.1) is 0 Å². The molecule has 6 heteroatoms. The lowest BCUT2D eigenvalue weighted by Gasteiger charge is -2.30. The molecule has 0 radical (unpaired) electrons. The van der Waals surface area contributed by atoms with Gasteiger partial charge in [0, 0.05) is 24.3 Å². The number of ether oxygens (including phenoxy) is 1. The van der Waals surface area contributed by atoms with Crippen molar-refractivity contribution >= 4 is 5.91 Å². The van der Waals surface area contributed by atoms with E-state index < -0.39 is 0 Å². The average molecular weight is 329 g/mol. The Balaban J connectivity index is 1.74. The van der Waals surface area contributed by atoms with E-state index in [1.807, 2.05) is 6.92 Å². The first kappa shape index (κ1) is 15.3. The highest BCUT2D eigenvalue weighted by Crippen LogP contribution is 2.29. The van der Waals surface area contributed by atoms with Gasteiger partial charge < -0.3 is 9.64 Å². The molecule has 1 aliphatic carbocycles. The second-order valence-electron chi connectivity index (χ2n) is 6.42. The van der Waals surface area contributed by atoms with E-state index in [2.05, 4.69) is 5.10 Å². The normalized spacial score (nSPS) is 20.2. The first-order valence-corrected chi connectivity index (χ1v) is 8.41. The summed E-state index contributed by atoms with van der Waals surface area (Å²) in [6.45, 7) is 3.65. The number of rotatable bonds is 2. The van der Waals surface area contributed by atoms with Gasteiger partial charge in [-0.25, -0.2) is 9.07 Å². The molecular formula is C18H20FN3O2. The monoisotopic (exact) mass is 329 g/mol. The lowest BCUT2D eigenvalue weighted by Crippen LogP contribution is -2.44. The quantitative estimate of drug-likeness (QED) is 0.850. The molecule has 5 nitrogen and oxygen atoms in total. The zero-order valence-corrected chi connectivity index (χ0v) is 13.7. The Morgan fingerprint density at radius 1 is 1.33 bits per heavy atom.